The van der Waals surface area contributed by atoms with E-state index in [-0.39, 0.29) is 36.1 Å². The fourth-order valence-corrected chi connectivity index (χ4v) is 14.7. The number of benzene rings is 2. The number of hydrogen-bond acceptors (Lipinski definition) is 9. The number of halogens is 2. The quantitative estimate of drug-likeness (QED) is 0.0848. The third-order valence-corrected chi connectivity index (χ3v) is 18.5. The van der Waals surface area contributed by atoms with E-state index in [1.54, 1.807) is 12.1 Å². The Morgan fingerprint density at radius 3 is 2.43 bits per heavy atom. The van der Waals surface area contributed by atoms with Crippen LogP contribution in [0.1, 0.15) is 78.4 Å². The lowest BCUT2D eigenvalue weighted by Crippen LogP contribution is -2.43. The number of alkyl halides is 1. The summed E-state index contributed by atoms with van der Waals surface area (Å²) < 4.78 is 54.5. The first-order valence-electron chi connectivity index (χ1n) is 19.3. The zero-order valence-corrected chi connectivity index (χ0v) is 33.8. The Hall–Kier alpha value is -4.05. The van der Waals surface area contributed by atoms with Crippen LogP contribution >= 0.6 is 0 Å². The van der Waals surface area contributed by atoms with Crippen LogP contribution in [0.4, 0.5) is 14.6 Å². The summed E-state index contributed by atoms with van der Waals surface area (Å²) in [5, 5.41) is 1.46. The van der Waals surface area contributed by atoms with Gasteiger partial charge in [0.15, 0.2) is 12.6 Å². The lowest BCUT2D eigenvalue weighted by Gasteiger charge is -2.38. The van der Waals surface area contributed by atoms with E-state index in [0.717, 1.165) is 38.9 Å². The molecule has 3 fully saturated rings. The Morgan fingerprint density at radius 2 is 1.76 bits per heavy atom. The van der Waals surface area contributed by atoms with Crippen LogP contribution in [-0.4, -0.2) is 81.3 Å². The third kappa shape index (κ3) is 6.56. The number of aryl methyl sites for hydroxylation is 1. The fraction of sp³-hybridized carbons (Fsp3) is 0.548. The lowest BCUT2D eigenvalue weighted by atomic mass is 9.95. The van der Waals surface area contributed by atoms with Crippen LogP contribution < -0.4 is 20.0 Å². The molecule has 0 saturated carbocycles. The molecule has 4 aromatic rings. The monoisotopic (exact) mass is 758 g/mol. The topological polar surface area (TPSA) is 90.2 Å². The molecule has 0 bridgehead atoms. The Morgan fingerprint density at radius 1 is 1.02 bits per heavy atom. The summed E-state index contributed by atoms with van der Waals surface area (Å²) >= 11 is 0. The summed E-state index contributed by atoms with van der Waals surface area (Å²) in [6.45, 7) is 18.1. The smallest absolute Gasteiger partial charge is 0.349 e. The van der Waals surface area contributed by atoms with Gasteiger partial charge in [-0.1, -0.05) is 53.5 Å². The average Bonchev–Trinajstić information content (AvgIpc) is 3.63. The highest BCUT2D eigenvalue weighted by atomic mass is 28.3. The van der Waals surface area contributed by atoms with Gasteiger partial charge in [0.25, 0.3) is 0 Å². The number of aromatic nitrogens is 2. The maximum atomic E-state index is 16.2. The van der Waals surface area contributed by atoms with Crippen molar-refractivity contribution in [3.63, 3.8) is 0 Å². The second-order valence-electron chi connectivity index (χ2n) is 16.3. The molecule has 12 heteroatoms. The number of fused-ring (bicyclic) bond motifs is 3. The zero-order chi connectivity index (χ0) is 38.5. The van der Waals surface area contributed by atoms with Gasteiger partial charge in [-0.15, -0.1) is 5.54 Å². The van der Waals surface area contributed by atoms with E-state index in [0.29, 0.717) is 68.6 Å². The molecular formula is C42H52F2N4O5Si. The second kappa shape index (κ2) is 14.9. The minimum absolute atomic E-state index is 0.0140. The van der Waals surface area contributed by atoms with Crippen molar-refractivity contribution in [1.29, 1.82) is 0 Å². The Labute approximate surface area is 317 Å². The van der Waals surface area contributed by atoms with Gasteiger partial charge in [0, 0.05) is 49.7 Å². The number of anilines is 1. The van der Waals surface area contributed by atoms with Gasteiger partial charge in [-0.25, -0.2) is 13.6 Å². The van der Waals surface area contributed by atoms with Crippen molar-refractivity contribution >= 4 is 35.6 Å². The number of rotatable bonds is 11. The molecule has 54 heavy (non-hydrogen) atoms. The number of methoxy groups -OCH3 is 1. The second-order valence-corrected chi connectivity index (χ2v) is 21.9. The van der Waals surface area contributed by atoms with Crippen molar-refractivity contribution in [2.24, 2.45) is 0 Å². The molecular weight excluding hydrogens is 707 g/mol. The van der Waals surface area contributed by atoms with Crippen LogP contribution in [0.2, 0.25) is 16.6 Å². The van der Waals surface area contributed by atoms with Gasteiger partial charge < -0.3 is 23.5 Å². The first kappa shape index (κ1) is 38.2. The van der Waals surface area contributed by atoms with Crippen LogP contribution in [0, 0.1) is 24.2 Å². The van der Waals surface area contributed by atoms with Crippen molar-refractivity contribution < 1.29 is 27.4 Å². The molecule has 3 aliphatic heterocycles. The molecule has 0 spiro atoms. The van der Waals surface area contributed by atoms with Gasteiger partial charge in [0.2, 0.25) is 0 Å². The normalized spacial score (nSPS) is 20.2. The average molecular weight is 759 g/mol. The van der Waals surface area contributed by atoms with Crippen molar-refractivity contribution in [2.45, 2.75) is 102 Å². The van der Waals surface area contributed by atoms with E-state index >= 15 is 4.39 Å². The molecule has 9 nitrogen and oxygen atoms in total. The highest BCUT2D eigenvalue weighted by Crippen LogP contribution is 2.44. The van der Waals surface area contributed by atoms with Crippen molar-refractivity contribution in [2.75, 3.05) is 51.6 Å². The molecule has 0 amide bonds. The molecule has 288 valence electrons. The number of nitrogens with zero attached hydrogens (tertiary/aromatic N) is 4. The van der Waals surface area contributed by atoms with Gasteiger partial charge in [0.1, 0.15) is 43.6 Å². The first-order chi connectivity index (χ1) is 25.8. The largest absolute Gasteiger partial charge is 0.468 e. The van der Waals surface area contributed by atoms with Gasteiger partial charge in [-0.3, -0.25) is 4.90 Å². The fourth-order valence-electron chi connectivity index (χ4n) is 9.47. The number of hydrogen-bond donors (Lipinski definition) is 0. The maximum Gasteiger partial charge on any atom is 0.349 e. The lowest BCUT2D eigenvalue weighted by molar-refractivity contribution is 0.0512. The van der Waals surface area contributed by atoms with E-state index in [9.17, 15) is 9.18 Å². The van der Waals surface area contributed by atoms with Crippen LogP contribution in [0.5, 0.6) is 11.8 Å². The van der Waals surface area contributed by atoms with Crippen LogP contribution in [0.15, 0.2) is 33.5 Å². The molecule has 7 rings (SSSR count). The van der Waals surface area contributed by atoms with Gasteiger partial charge in [0.05, 0.1) is 16.6 Å². The molecule has 0 radical (unpaired) electrons. The summed E-state index contributed by atoms with van der Waals surface area (Å²) in [5.41, 5.74) is 5.38. The molecule has 5 heterocycles. The van der Waals surface area contributed by atoms with Crippen LogP contribution in [0.3, 0.4) is 0 Å². The van der Waals surface area contributed by atoms with E-state index in [2.05, 4.69) is 57.9 Å². The van der Waals surface area contributed by atoms with Crippen molar-refractivity contribution in [1.82, 2.24) is 14.9 Å². The SMILES string of the molecule is COCOc1cc(-c2oc(=O)c3c(N4CCC4)nc(OC[C@@]45CCCN4C[C@H](F)C5)nc3c2C)c2c(C#C[Si](C(C)C)(C(C)C)C(C)C)c(F)ccc2c1. The van der Waals surface area contributed by atoms with Gasteiger partial charge in [-0.2, -0.15) is 9.97 Å². The van der Waals surface area contributed by atoms with Crippen molar-refractivity contribution in [3.8, 4) is 34.5 Å². The maximum absolute atomic E-state index is 16.2. The van der Waals surface area contributed by atoms with Gasteiger partial charge in [-0.05, 0) is 72.9 Å². The molecule has 0 aliphatic carbocycles. The summed E-state index contributed by atoms with van der Waals surface area (Å²) in [6.07, 6.45) is 2.32. The molecule has 0 unspecified atom stereocenters. The van der Waals surface area contributed by atoms with E-state index < -0.39 is 31.2 Å². The molecule has 3 aliphatic rings. The molecule has 0 N–H and O–H groups in total. The summed E-state index contributed by atoms with van der Waals surface area (Å²) in [7, 11) is -0.721. The van der Waals surface area contributed by atoms with Crippen molar-refractivity contribution in [3.05, 3.63) is 51.6 Å². The predicted molar refractivity (Wildman–Crippen MR) is 212 cm³/mol. The van der Waals surface area contributed by atoms with Crippen LogP contribution in [0.25, 0.3) is 33.0 Å². The molecule has 2 aromatic carbocycles. The minimum atomic E-state index is -2.26. The highest BCUT2D eigenvalue weighted by Gasteiger charge is 2.49. The summed E-state index contributed by atoms with van der Waals surface area (Å²) in [5.74, 6) is 4.05. The predicted octanol–water partition coefficient (Wildman–Crippen LogP) is 8.57. The van der Waals surface area contributed by atoms with E-state index in [1.807, 2.05) is 17.9 Å². The zero-order valence-electron chi connectivity index (χ0n) is 32.8. The number of ether oxygens (including phenoxy) is 3. The Bertz CT molecular complexity index is 2170. The first-order valence-corrected chi connectivity index (χ1v) is 21.6. The standard InChI is InChI=1S/C42H52F2N4O5Si/c1-25(2)54(26(3)4,27(5)6)18-13-32-34(44)12-11-29-19-31(52-24-50-8)20-33(35(29)32)38-28(7)37-36(40(49)53-38)39(47-15-10-16-47)46-41(45-37)51-23-42-14-9-17-48(42)22-30(43)21-42/h11-12,19-20,25-27,30H,9-10,14-17,21-24H2,1-8H3/t30-,42+/m1/s1. The molecule has 3 saturated heterocycles. The van der Waals surface area contributed by atoms with Gasteiger partial charge >= 0.3 is 11.6 Å². The minimum Gasteiger partial charge on any atom is -0.468 e. The third-order valence-electron chi connectivity index (χ3n) is 12.2. The molecule has 2 atom stereocenters. The van der Waals surface area contributed by atoms with E-state index in [1.165, 1.54) is 13.2 Å². The summed E-state index contributed by atoms with van der Waals surface area (Å²) in [4.78, 5) is 28.0. The highest BCUT2D eigenvalue weighted by molar-refractivity contribution is 6.90. The Balaban J connectivity index is 1.44. The van der Waals surface area contributed by atoms with E-state index in [4.69, 9.17) is 28.6 Å². The Kier molecular flexibility index (Phi) is 10.5. The van der Waals surface area contributed by atoms with Crippen LogP contribution in [-0.2, 0) is 4.74 Å². The summed E-state index contributed by atoms with van der Waals surface area (Å²) in [6, 6.07) is 6.82. The molecule has 2 aromatic heterocycles.